The van der Waals surface area contributed by atoms with Gasteiger partial charge in [-0.15, -0.1) is 11.8 Å². The summed E-state index contributed by atoms with van der Waals surface area (Å²) in [5.74, 6) is -0.248. The topological polar surface area (TPSA) is 63.0 Å². The van der Waals surface area contributed by atoms with Crippen LogP contribution < -0.4 is 0 Å². The van der Waals surface area contributed by atoms with Crippen LogP contribution in [0.4, 0.5) is 0 Å². The van der Waals surface area contributed by atoms with Gasteiger partial charge in [0.1, 0.15) is 4.75 Å². The molecular formula is C22H20N2O2S. The van der Waals surface area contributed by atoms with Crippen LogP contribution >= 0.6 is 11.8 Å². The van der Waals surface area contributed by atoms with Gasteiger partial charge in [0.15, 0.2) is 0 Å². The standard InChI is InChI=1S/C22H20N2O2S/c1-4-26-21(25)22(2,3)27-20-11-12-24-14-19(20)18-10-9-15(13-23)16-7-5-6-8-17(16)18/h5-12,14H,4H2,1-3H3. The summed E-state index contributed by atoms with van der Waals surface area (Å²) in [4.78, 5) is 17.5. The molecule has 0 aliphatic carbocycles. The molecule has 0 radical (unpaired) electrons. The summed E-state index contributed by atoms with van der Waals surface area (Å²) in [6.45, 7) is 5.87. The molecule has 0 aliphatic rings. The molecule has 0 atom stereocenters. The number of nitriles is 1. The molecule has 0 fully saturated rings. The molecule has 1 aromatic heterocycles. The van der Waals surface area contributed by atoms with E-state index in [1.807, 2.05) is 56.3 Å². The SMILES string of the molecule is CCOC(=O)C(C)(C)Sc1ccncc1-c1ccc(C#N)c2ccccc12. The van der Waals surface area contributed by atoms with Crippen LogP contribution in [0.1, 0.15) is 26.3 Å². The minimum Gasteiger partial charge on any atom is -0.465 e. The lowest BCUT2D eigenvalue weighted by Gasteiger charge is -2.23. The van der Waals surface area contributed by atoms with E-state index in [9.17, 15) is 10.1 Å². The van der Waals surface area contributed by atoms with Crippen LogP contribution in [0.2, 0.25) is 0 Å². The molecule has 0 unspecified atom stereocenters. The third kappa shape index (κ3) is 3.81. The Morgan fingerprint density at radius 2 is 1.89 bits per heavy atom. The Morgan fingerprint density at radius 3 is 2.59 bits per heavy atom. The predicted octanol–water partition coefficient (Wildman–Crippen LogP) is 5.21. The third-order valence-electron chi connectivity index (χ3n) is 4.25. The number of hydrogen-bond acceptors (Lipinski definition) is 5. The zero-order valence-electron chi connectivity index (χ0n) is 15.5. The zero-order valence-corrected chi connectivity index (χ0v) is 16.3. The first-order valence-corrected chi connectivity index (χ1v) is 9.52. The van der Waals surface area contributed by atoms with E-state index in [-0.39, 0.29) is 5.97 Å². The number of fused-ring (bicyclic) bond motifs is 1. The van der Waals surface area contributed by atoms with Gasteiger partial charge in [-0.25, -0.2) is 0 Å². The Bertz CT molecular complexity index is 1040. The number of nitrogens with zero attached hydrogens (tertiary/aromatic N) is 2. The van der Waals surface area contributed by atoms with Crippen molar-refractivity contribution in [3.8, 4) is 17.2 Å². The minimum atomic E-state index is -0.728. The van der Waals surface area contributed by atoms with E-state index in [1.165, 1.54) is 11.8 Å². The van der Waals surface area contributed by atoms with Crippen molar-refractivity contribution in [1.82, 2.24) is 4.98 Å². The summed E-state index contributed by atoms with van der Waals surface area (Å²) in [5, 5.41) is 11.3. The highest BCUT2D eigenvalue weighted by atomic mass is 32.2. The number of carbonyl (C=O) groups is 1. The van der Waals surface area contributed by atoms with Crippen molar-refractivity contribution in [3.05, 3.63) is 60.4 Å². The van der Waals surface area contributed by atoms with Crippen molar-refractivity contribution >= 4 is 28.5 Å². The van der Waals surface area contributed by atoms with Gasteiger partial charge in [0.05, 0.1) is 18.2 Å². The fourth-order valence-corrected chi connectivity index (χ4v) is 4.02. The van der Waals surface area contributed by atoms with E-state index < -0.39 is 4.75 Å². The van der Waals surface area contributed by atoms with Crippen LogP contribution in [0.5, 0.6) is 0 Å². The van der Waals surface area contributed by atoms with Crippen LogP contribution in [0.15, 0.2) is 59.8 Å². The molecule has 5 heteroatoms. The van der Waals surface area contributed by atoms with E-state index >= 15 is 0 Å². The van der Waals surface area contributed by atoms with Crippen molar-refractivity contribution in [3.63, 3.8) is 0 Å². The fraction of sp³-hybridized carbons (Fsp3) is 0.227. The first-order valence-electron chi connectivity index (χ1n) is 8.70. The Kier molecular flexibility index (Phi) is 5.48. The summed E-state index contributed by atoms with van der Waals surface area (Å²) < 4.78 is 4.49. The maximum absolute atomic E-state index is 12.3. The molecular weight excluding hydrogens is 356 g/mol. The molecule has 0 bridgehead atoms. The second-order valence-corrected chi connectivity index (χ2v) is 8.19. The lowest BCUT2D eigenvalue weighted by atomic mass is 9.96. The second kappa shape index (κ2) is 7.81. The first kappa shape index (κ1) is 18.9. The van der Waals surface area contributed by atoms with Gasteiger partial charge in [0, 0.05) is 28.2 Å². The molecule has 3 rings (SSSR count). The summed E-state index contributed by atoms with van der Waals surface area (Å²) in [7, 11) is 0. The van der Waals surface area contributed by atoms with Crippen molar-refractivity contribution in [2.75, 3.05) is 6.61 Å². The van der Waals surface area contributed by atoms with Gasteiger partial charge in [-0.3, -0.25) is 9.78 Å². The first-order chi connectivity index (χ1) is 13.0. The van der Waals surface area contributed by atoms with Gasteiger partial charge in [0.25, 0.3) is 0 Å². The minimum absolute atomic E-state index is 0.248. The van der Waals surface area contributed by atoms with Crippen LogP contribution in [0.25, 0.3) is 21.9 Å². The lowest BCUT2D eigenvalue weighted by Crippen LogP contribution is -2.30. The van der Waals surface area contributed by atoms with Crippen LogP contribution in [-0.4, -0.2) is 22.3 Å². The highest BCUT2D eigenvalue weighted by molar-refractivity contribution is 8.01. The number of pyridine rings is 1. The number of rotatable bonds is 5. The molecule has 4 nitrogen and oxygen atoms in total. The monoisotopic (exact) mass is 376 g/mol. The van der Waals surface area contributed by atoms with Gasteiger partial charge in [-0.2, -0.15) is 5.26 Å². The van der Waals surface area contributed by atoms with Crippen LogP contribution in [-0.2, 0) is 9.53 Å². The van der Waals surface area contributed by atoms with Gasteiger partial charge in [0.2, 0.25) is 0 Å². The number of esters is 1. The normalized spacial score (nSPS) is 11.2. The Balaban J connectivity index is 2.12. The van der Waals surface area contributed by atoms with Crippen LogP contribution in [0.3, 0.4) is 0 Å². The Labute approximate surface area is 163 Å². The predicted molar refractivity (Wildman–Crippen MR) is 108 cm³/mol. The molecule has 0 spiro atoms. The molecule has 0 saturated heterocycles. The molecule has 136 valence electrons. The van der Waals surface area contributed by atoms with E-state index in [1.54, 1.807) is 19.3 Å². The Morgan fingerprint density at radius 1 is 1.15 bits per heavy atom. The maximum Gasteiger partial charge on any atom is 0.321 e. The van der Waals surface area contributed by atoms with Crippen molar-refractivity contribution in [2.45, 2.75) is 30.4 Å². The number of carbonyl (C=O) groups excluding carboxylic acids is 1. The average molecular weight is 376 g/mol. The van der Waals surface area contributed by atoms with Gasteiger partial charge >= 0.3 is 5.97 Å². The van der Waals surface area contributed by atoms with Crippen molar-refractivity contribution < 1.29 is 9.53 Å². The second-order valence-electron chi connectivity index (χ2n) is 6.52. The van der Waals surface area contributed by atoms with Gasteiger partial charge in [-0.1, -0.05) is 30.3 Å². The fourth-order valence-electron chi connectivity index (χ4n) is 2.93. The summed E-state index contributed by atoms with van der Waals surface area (Å²) in [6, 6.07) is 15.8. The smallest absolute Gasteiger partial charge is 0.321 e. The molecule has 1 heterocycles. The zero-order chi connectivity index (χ0) is 19.4. The average Bonchev–Trinajstić information content (AvgIpc) is 2.67. The van der Waals surface area contributed by atoms with Crippen molar-refractivity contribution in [1.29, 1.82) is 5.26 Å². The van der Waals surface area contributed by atoms with E-state index in [2.05, 4.69) is 11.1 Å². The maximum atomic E-state index is 12.3. The number of hydrogen-bond donors (Lipinski definition) is 0. The highest BCUT2D eigenvalue weighted by Crippen LogP contribution is 2.41. The molecule has 3 aromatic rings. The molecule has 2 aromatic carbocycles. The Hall–Kier alpha value is -2.84. The van der Waals surface area contributed by atoms with Crippen molar-refractivity contribution in [2.24, 2.45) is 0 Å². The number of benzene rings is 2. The molecule has 27 heavy (non-hydrogen) atoms. The lowest BCUT2D eigenvalue weighted by molar-refractivity contribution is -0.145. The number of aromatic nitrogens is 1. The largest absolute Gasteiger partial charge is 0.465 e. The van der Waals surface area contributed by atoms with E-state index in [4.69, 9.17) is 4.74 Å². The number of thioether (sulfide) groups is 1. The molecule has 0 amide bonds. The van der Waals surface area contributed by atoms with Crippen LogP contribution in [0, 0.1) is 11.3 Å². The summed E-state index contributed by atoms with van der Waals surface area (Å²) in [5.41, 5.74) is 2.56. The van der Waals surface area contributed by atoms with Gasteiger partial charge in [-0.05, 0) is 43.9 Å². The summed E-state index contributed by atoms with van der Waals surface area (Å²) >= 11 is 1.45. The summed E-state index contributed by atoms with van der Waals surface area (Å²) in [6.07, 6.45) is 3.52. The molecule has 0 aliphatic heterocycles. The molecule has 0 N–H and O–H groups in total. The third-order valence-corrected chi connectivity index (χ3v) is 5.50. The van der Waals surface area contributed by atoms with Gasteiger partial charge < -0.3 is 4.74 Å². The van der Waals surface area contributed by atoms with E-state index in [0.717, 1.165) is 26.8 Å². The quantitative estimate of drug-likeness (QED) is 0.452. The number of ether oxygens (including phenoxy) is 1. The highest BCUT2D eigenvalue weighted by Gasteiger charge is 2.31. The molecule has 0 saturated carbocycles. The van der Waals surface area contributed by atoms with E-state index in [0.29, 0.717) is 12.2 Å².